The van der Waals surface area contributed by atoms with E-state index in [1.54, 1.807) is 16.2 Å². The van der Waals surface area contributed by atoms with E-state index in [0.717, 1.165) is 4.88 Å². The average Bonchev–Trinajstić information content (AvgIpc) is 2.76. The van der Waals surface area contributed by atoms with Gasteiger partial charge in [-0.3, -0.25) is 9.59 Å². The highest BCUT2D eigenvalue weighted by Gasteiger charge is 2.36. The summed E-state index contributed by atoms with van der Waals surface area (Å²) in [4.78, 5) is 26.5. The van der Waals surface area contributed by atoms with Gasteiger partial charge in [0.1, 0.15) is 6.04 Å². The first-order valence-electron chi connectivity index (χ1n) is 5.69. The third-order valence-electron chi connectivity index (χ3n) is 2.88. The molecule has 5 heteroatoms. The molecule has 1 saturated heterocycles. The van der Waals surface area contributed by atoms with Crippen molar-refractivity contribution < 1.29 is 9.59 Å². The van der Waals surface area contributed by atoms with E-state index < -0.39 is 0 Å². The van der Waals surface area contributed by atoms with Crippen molar-refractivity contribution in [1.82, 2.24) is 10.2 Å². The molecule has 0 bridgehead atoms. The van der Waals surface area contributed by atoms with Crippen molar-refractivity contribution in [2.75, 3.05) is 6.54 Å². The standard InChI is InChI=1S/C12H16N2O2S/c1-8(2)11-12(16)13-6-10(15)14(11)7-9-4-3-5-17-9/h3-5,8,11H,6-7H2,1-2H3,(H,13,16). The van der Waals surface area contributed by atoms with E-state index in [4.69, 9.17) is 0 Å². The Morgan fingerprint density at radius 3 is 2.88 bits per heavy atom. The van der Waals surface area contributed by atoms with Gasteiger partial charge in [-0.15, -0.1) is 11.3 Å². The molecule has 1 unspecified atom stereocenters. The van der Waals surface area contributed by atoms with E-state index in [1.165, 1.54) is 0 Å². The van der Waals surface area contributed by atoms with Gasteiger partial charge in [-0.2, -0.15) is 0 Å². The number of carbonyl (C=O) groups is 2. The SMILES string of the molecule is CC(C)C1C(=O)NCC(=O)N1Cc1cccs1. The Hall–Kier alpha value is -1.36. The number of nitrogens with zero attached hydrogens (tertiary/aromatic N) is 1. The van der Waals surface area contributed by atoms with E-state index >= 15 is 0 Å². The van der Waals surface area contributed by atoms with Crippen molar-refractivity contribution >= 4 is 23.2 Å². The highest BCUT2D eigenvalue weighted by atomic mass is 32.1. The van der Waals surface area contributed by atoms with Crippen LogP contribution in [0, 0.1) is 5.92 Å². The number of hydrogen-bond acceptors (Lipinski definition) is 3. The van der Waals surface area contributed by atoms with E-state index in [9.17, 15) is 9.59 Å². The van der Waals surface area contributed by atoms with Crippen molar-refractivity contribution in [3.63, 3.8) is 0 Å². The first-order chi connectivity index (χ1) is 8.09. The number of piperazine rings is 1. The van der Waals surface area contributed by atoms with Crippen LogP contribution < -0.4 is 5.32 Å². The highest BCUT2D eigenvalue weighted by Crippen LogP contribution is 2.20. The minimum Gasteiger partial charge on any atom is -0.345 e. The maximum atomic E-state index is 11.9. The van der Waals surface area contributed by atoms with Gasteiger partial charge in [-0.05, 0) is 17.4 Å². The minimum absolute atomic E-state index is 0.00306. The van der Waals surface area contributed by atoms with Crippen molar-refractivity contribution in [3.05, 3.63) is 22.4 Å². The summed E-state index contributed by atoms with van der Waals surface area (Å²) in [5.41, 5.74) is 0. The number of hydrogen-bond donors (Lipinski definition) is 1. The predicted octanol–water partition coefficient (Wildman–Crippen LogP) is 1.23. The van der Waals surface area contributed by atoms with Gasteiger partial charge < -0.3 is 10.2 Å². The normalized spacial score (nSPS) is 20.9. The number of carbonyl (C=O) groups excluding carboxylic acids is 2. The lowest BCUT2D eigenvalue weighted by atomic mass is 9.99. The zero-order chi connectivity index (χ0) is 12.4. The number of rotatable bonds is 3. The molecule has 92 valence electrons. The third kappa shape index (κ3) is 2.49. The lowest BCUT2D eigenvalue weighted by Crippen LogP contribution is -2.59. The summed E-state index contributed by atoms with van der Waals surface area (Å²) in [5, 5.41) is 4.63. The van der Waals surface area contributed by atoms with Crippen LogP contribution in [0.25, 0.3) is 0 Å². The molecular weight excluding hydrogens is 236 g/mol. The van der Waals surface area contributed by atoms with Crippen LogP contribution >= 0.6 is 11.3 Å². The Kier molecular flexibility index (Phi) is 3.47. The minimum atomic E-state index is -0.349. The van der Waals surface area contributed by atoms with E-state index in [1.807, 2.05) is 31.4 Å². The van der Waals surface area contributed by atoms with Crippen molar-refractivity contribution in [2.24, 2.45) is 5.92 Å². The lowest BCUT2D eigenvalue weighted by molar-refractivity contribution is -0.148. The summed E-state index contributed by atoms with van der Waals surface area (Å²) in [6.07, 6.45) is 0. The van der Waals surface area contributed by atoms with Crippen LogP contribution in [0.15, 0.2) is 17.5 Å². The summed E-state index contributed by atoms with van der Waals surface area (Å²) in [7, 11) is 0. The summed E-state index contributed by atoms with van der Waals surface area (Å²) < 4.78 is 0. The van der Waals surface area contributed by atoms with Crippen LogP contribution in [0.4, 0.5) is 0 Å². The molecule has 1 fully saturated rings. The fraction of sp³-hybridized carbons (Fsp3) is 0.500. The largest absolute Gasteiger partial charge is 0.345 e. The quantitative estimate of drug-likeness (QED) is 0.879. The Labute approximate surface area is 105 Å². The van der Waals surface area contributed by atoms with Gasteiger partial charge in [0.2, 0.25) is 11.8 Å². The first-order valence-corrected chi connectivity index (χ1v) is 6.57. The van der Waals surface area contributed by atoms with Gasteiger partial charge in [-0.25, -0.2) is 0 Å². The van der Waals surface area contributed by atoms with Crippen molar-refractivity contribution in [3.8, 4) is 0 Å². The maximum absolute atomic E-state index is 11.9. The molecule has 1 aliphatic rings. The van der Waals surface area contributed by atoms with Crippen molar-refractivity contribution in [1.29, 1.82) is 0 Å². The van der Waals surface area contributed by atoms with Gasteiger partial charge in [0.25, 0.3) is 0 Å². The summed E-state index contributed by atoms with van der Waals surface area (Å²) in [6.45, 7) is 4.58. The maximum Gasteiger partial charge on any atom is 0.243 e. The van der Waals surface area contributed by atoms with Gasteiger partial charge in [0.15, 0.2) is 0 Å². The number of thiophene rings is 1. The van der Waals surface area contributed by atoms with E-state index in [0.29, 0.717) is 6.54 Å². The summed E-state index contributed by atoms with van der Waals surface area (Å²) in [6, 6.07) is 3.60. The third-order valence-corrected chi connectivity index (χ3v) is 3.74. The molecule has 4 nitrogen and oxygen atoms in total. The molecule has 17 heavy (non-hydrogen) atoms. The lowest BCUT2D eigenvalue weighted by Gasteiger charge is -2.36. The van der Waals surface area contributed by atoms with E-state index in [-0.39, 0.29) is 30.3 Å². The molecule has 1 aromatic heterocycles. The van der Waals surface area contributed by atoms with Crippen LogP contribution in [0.3, 0.4) is 0 Å². The Bertz CT molecular complexity index is 414. The fourth-order valence-corrected chi connectivity index (χ4v) is 2.79. The van der Waals surface area contributed by atoms with Crippen LogP contribution in [-0.4, -0.2) is 29.3 Å². The number of amides is 2. The predicted molar refractivity (Wildman–Crippen MR) is 66.5 cm³/mol. The Balaban J connectivity index is 2.20. The monoisotopic (exact) mass is 252 g/mol. The van der Waals surface area contributed by atoms with Crippen molar-refractivity contribution in [2.45, 2.75) is 26.4 Å². The Morgan fingerprint density at radius 1 is 1.53 bits per heavy atom. The topological polar surface area (TPSA) is 49.4 Å². The molecule has 1 aromatic rings. The molecule has 2 amide bonds. The molecular formula is C12H16N2O2S. The molecule has 1 atom stereocenters. The van der Waals surface area contributed by atoms with Gasteiger partial charge in [-0.1, -0.05) is 19.9 Å². The smallest absolute Gasteiger partial charge is 0.243 e. The molecule has 0 spiro atoms. The fourth-order valence-electron chi connectivity index (χ4n) is 2.09. The molecule has 2 heterocycles. The molecule has 0 aliphatic carbocycles. The van der Waals surface area contributed by atoms with Gasteiger partial charge >= 0.3 is 0 Å². The van der Waals surface area contributed by atoms with E-state index in [2.05, 4.69) is 5.32 Å². The highest BCUT2D eigenvalue weighted by molar-refractivity contribution is 7.09. The summed E-state index contributed by atoms with van der Waals surface area (Å²) >= 11 is 1.61. The zero-order valence-corrected chi connectivity index (χ0v) is 10.8. The molecule has 1 N–H and O–H groups in total. The molecule has 0 saturated carbocycles. The van der Waals surface area contributed by atoms with Crippen LogP contribution in [-0.2, 0) is 16.1 Å². The second-order valence-corrected chi connectivity index (χ2v) is 5.54. The zero-order valence-electron chi connectivity index (χ0n) is 9.97. The number of nitrogens with one attached hydrogen (secondary N) is 1. The van der Waals surface area contributed by atoms with Gasteiger partial charge in [0, 0.05) is 4.88 Å². The molecule has 1 aliphatic heterocycles. The molecule has 0 radical (unpaired) electrons. The summed E-state index contributed by atoms with van der Waals surface area (Å²) in [5.74, 6) is 0.0760. The first kappa shape index (κ1) is 12.1. The van der Waals surface area contributed by atoms with Crippen LogP contribution in [0.5, 0.6) is 0 Å². The second-order valence-electron chi connectivity index (χ2n) is 4.51. The van der Waals surface area contributed by atoms with Crippen LogP contribution in [0.2, 0.25) is 0 Å². The van der Waals surface area contributed by atoms with Crippen LogP contribution in [0.1, 0.15) is 18.7 Å². The molecule has 2 rings (SSSR count). The Morgan fingerprint density at radius 2 is 2.29 bits per heavy atom. The average molecular weight is 252 g/mol. The molecule has 0 aromatic carbocycles. The van der Waals surface area contributed by atoms with Gasteiger partial charge in [0.05, 0.1) is 13.1 Å². The second kappa shape index (κ2) is 4.87.